The molecule has 0 spiro atoms. The van der Waals surface area contributed by atoms with Crippen molar-refractivity contribution in [3.8, 4) is 17.2 Å². The quantitative estimate of drug-likeness (QED) is 0.402. The molecule has 0 aliphatic carbocycles. The van der Waals surface area contributed by atoms with Crippen LogP contribution in [0.4, 0.5) is 10.3 Å². The highest BCUT2D eigenvalue weighted by Gasteiger charge is 2.13. The summed E-state index contributed by atoms with van der Waals surface area (Å²) in [5.74, 6) is -0.653. The highest BCUT2D eigenvalue weighted by Crippen LogP contribution is 2.25. The lowest BCUT2D eigenvalue weighted by molar-refractivity contribution is -0.113. The van der Waals surface area contributed by atoms with Crippen LogP contribution >= 0.6 is 11.8 Å². The van der Waals surface area contributed by atoms with Gasteiger partial charge in [-0.3, -0.25) is 10.1 Å². The molecule has 0 aliphatic rings. The second kappa shape index (κ2) is 8.04. The molecule has 0 atom stereocenters. The number of aromatic nitrogens is 5. The number of halogens is 1. The number of amides is 1. The van der Waals surface area contributed by atoms with Crippen LogP contribution < -0.4 is 5.32 Å². The van der Waals surface area contributed by atoms with Crippen molar-refractivity contribution in [1.29, 1.82) is 5.26 Å². The largest absolute Gasteiger partial charge is 0.292 e. The van der Waals surface area contributed by atoms with Gasteiger partial charge in [-0.2, -0.15) is 10.2 Å². The number of rotatable bonds is 5. The van der Waals surface area contributed by atoms with Crippen molar-refractivity contribution in [3.63, 3.8) is 0 Å². The first-order valence-corrected chi connectivity index (χ1v) is 9.37. The van der Waals surface area contributed by atoms with Gasteiger partial charge in [0.15, 0.2) is 10.8 Å². The van der Waals surface area contributed by atoms with Crippen LogP contribution in [0.5, 0.6) is 0 Å². The third-order valence-corrected chi connectivity index (χ3v) is 4.76. The lowest BCUT2D eigenvalue weighted by Crippen LogP contribution is -2.15. The van der Waals surface area contributed by atoms with E-state index in [4.69, 9.17) is 5.26 Å². The van der Waals surface area contributed by atoms with E-state index >= 15 is 0 Å². The maximum Gasteiger partial charge on any atom is 0.249 e. The minimum Gasteiger partial charge on any atom is -0.292 e. The first kappa shape index (κ1) is 18.5. The van der Waals surface area contributed by atoms with Crippen LogP contribution in [0.3, 0.4) is 0 Å². The van der Waals surface area contributed by atoms with E-state index < -0.39 is 5.82 Å². The van der Waals surface area contributed by atoms with E-state index in [1.165, 1.54) is 22.3 Å². The van der Waals surface area contributed by atoms with Crippen molar-refractivity contribution in [2.24, 2.45) is 0 Å². The normalized spacial score (nSPS) is 10.6. The van der Waals surface area contributed by atoms with Gasteiger partial charge in [-0.15, -0.1) is 5.10 Å². The third-order valence-electron chi connectivity index (χ3n) is 3.89. The number of nitrogens with zero attached hydrogens (tertiary/aromatic N) is 6. The Morgan fingerprint density at radius 3 is 2.83 bits per heavy atom. The van der Waals surface area contributed by atoms with Crippen molar-refractivity contribution in [2.45, 2.75) is 5.16 Å². The Balaban J connectivity index is 1.51. The summed E-state index contributed by atoms with van der Waals surface area (Å²) in [5, 5.41) is 16.3. The maximum absolute atomic E-state index is 14.4. The molecule has 3 aromatic heterocycles. The molecule has 0 saturated carbocycles. The molecule has 0 saturated heterocycles. The summed E-state index contributed by atoms with van der Waals surface area (Å²) in [6.07, 6.45) is 4.79. The maximum atomic E-state index is 14.4. The van der Waals surface area contributed by atoms with Crippen LogP contribution in [-0.4, -0.2) is 36.2 Å². The molecule has 1 N–H and O–H groups in total. The fourth-order valence-electron chi connectivity index (χ4n) is 2.59. The van der Waals surface area contributed by atoms with Crippen LogP contribution in [0.2, 0.25) is 0 Å². The number of carbonyl (C=O) groups excluding carboxylic acids is 1. The summed E-state index contributed by atoms with van der Waals surface area (Å²) in [6.45, 7) is 0. The second-order valence-electron chi connectivity index (χ2n) is 5.80. The monoisotopic (exact) mass is 405 g/mol. The number of nitrogens with one attached hydrogen (secondary N) is 1. The van der Waals surface area contributed by atoms with Gasteiger partial charge in [-0.1, -0.05) is 23.9 Å². The van der Waals surface area contributed by atoms with E-state index in [1.807, 2.05) is 6.07 Å². The molecule has 3 heterocycles. The van der Waals surface area contributed by atoms with E-state index in [1.54, 1.807) is 48.9 Å². The van der Waals surface area contributed by atoms with E-state index in [0.29, 0.717) is 16.4 Å². The van der Waals surface area contributed by atoms with E-state index in [2.05, 4.69) is 25.4 Å². The minimum atomic E-state index is -0.594. The number of benzene rings is 1. The predicted molar refractivity (Wildman–Crippen MR) is 104 cm³/mol. The summed E-state index contributed by atoms with van der Waals surface area (Å²) in [6, 6.07) is 11.5. The number of anilines is 1. The summed E-state index contributed by atoms with van der Waals surface area (Å²) in [4.78, 5) is 24.4. The summed E-state index contributed by atoms with van der Waals surface area (Å²) >= 11 is 1.19. The molecule has 1 aromatic carbocycles. The fraction of sp³-hybridized carbons (Fsp3) is 0.0526. The lowest BCUT2D eigenvalue weighted by Gasteiger charge is -2.04. The third kappa shape index (κ3) is 4.04. The molecule has 0 unspecified atom stereocenters. The average Bonchev–Trinajstić information content (AvgIpc) is 3.14. The SMILES string of the molecule is N#Cc1cccc(-c2ccc3nc(NC(=O)CSc4ncccn4)nn3c2)c1F. The second-order valence-corrected chi connectivity index (χ2v) is 6.75. The van der Waals surface area contributed by atoms with Crippen molar-refractivity contribution < 1.29 is 9.18 Å². The van der Waals surface area contributed by atoms with Crippen LogP contribution in [0.15, 0.2) is 60.1 Å². The topological polar surface area (TPSA) is 109 Å². The number of pyridine rings is 1. The molecular formula is C19H12FN7OS. The number of fused-ring (bicyclic) bond motifs is 1. The number of hydrogen-bond donors (Lipinski definition) is 1. The Hall–Kier alpha value is -3.84. The number of carbonyl (C=O) groups is 1. The molecular weight excluding hydrogens is 393 g/mol. The zero-order valence-corrected chi connectivity index (χ0v) is 15.6. The van der Waals surface area contributed by atoms with Gasteiger partial charge in [0.2, 0.25) is 11.9 Å². The van der Waals surface area contributed by atoms with Gasteiger partial charge in [-0.25, -0.2) is 18.9 Å². The van der Waals surface area contributed by atoms with Crippen molar-refractivity contribution >= 4 is 29.3 Å². The molecule has 10 heteroatoms. The smallest absolute Gasteiger partial charge is 0.249 e. The molecule has 1 amide bonds. The summed E-state index contributed by atoms with van der Waals surface area (Å²) < 4.78 is 15.9. The highest BCUT2D eigenvalue weighted by molar-refractivity contribution is 7.99. The van der Waals surface area contributed by atoms with Crippen LogP contribution in [-0.2, 0) is 4.79 Å². The van der Waals surface area contributed by atoms with Crippen LogP contribution in [0.25, 0.3) is 16.8 Å². The molecule has 4 rings (SSSR count). The Morgan fingerprint density at radius 2 is 2.03 bits per heavy atom. The highest BCUT2D eigenvalue weighted by atomic mass is 32.2. The Labute approximate surface area is 168 Å². The zero-order chi connectivity index (χ0) is 20.2. The van der Waals surface area contributed by atoms with Gasteiger partial charge in [-0.05, 0) is 24.3 Å². The van der Waals surface area contributed by atoms with Gasteiger partial charge in [0.1, 0.15) is 11.9 Å². The van der Waals surface area contributed by atoms with Gasteiger partial charge in [0.05, 0.1) is 11.3 Å². The van der Waals surface area contributed by atoms with Gasteiger partial charge in [0.25, 0.3) is 0 Å². The van der Waals surface area contributed by atoms with E-state index in [-0.39, 0.29) is 28.7 Å². The molecule has 142 valence electrons. The summed E-state index contributed by atoms with van der Waals surface area (Å²) in [5.41, 5.74) is 1.27. The molecule has 0 aliphatic heterocycles. The molecule has 0 bridgehead atoms. The molecule has 29 heavy (non-hydrogen) atoms. The zero-order valence-electron chi connectivity index (χ0n) is 14.8. The first-order chi connectivity index (χ1) is 14.1. The number of hydrogen-bond acceptors (Lipinski definition) is 7. The molecule has 0 fully saturated rings. The number of thioether (sulfide) groups is 1. The van der Waals surface area contributed by atoms with Crippen LogP contribution in [0.1, 0.15) is 5.56 Å². The van der Waals surface area contributed by atoms with E-state index in [9.17, 15) is 9.18 Å². The standard InChI is InChI=1S/C19H12FN7OS/c20-17-12(9-21)3-1-4-14(17)13-5-6-15-24-18(26-27(15)10-13)25-16(28)11-29-19-22-7-2-8-23-19/h1-8,10H,11H2,(H,25,26,28). The van der Waals surface area contributed by atoms with Gasteiger partial charge in [0, 0.05) is 29.7 Å². The van der Waals surface area contributed by atoms with Crippen molar-refractivity contribution in [2.75, 3.05) is 11.1 Å². The fourth-order valence-corrected chi connectivity index (χ4v) is 3.19. The van der Waals surface area contributed by atoms with Gasteiger partial charge >= 0.3 is 0 Å². The van der Waals surface area contributed by atoms with E-state index in [0.717, 1.165) is 0 Å². The van der Waals surface area contributed by atoms with Crippen molar-refractivity contribution in [3.05, 3.63) is 66.4 Å². The lowest BCUT2D eigenvalue weighted by atomic mass is 10.0. The Bertz CT molecular complexity index is 1240. The minimum absolute atomic E-state index is 0.0333. The van der Waals surface area contributed by atoms with Crippen molar-refractivity contribution in [1.82, 2.24) is 24.6 Å². The van der Waals surface area contributed by atoms with Crippen LogP contribution in [0, 0.1) is 17.1 Å². The average molecular weight is 405 g/mol. The Kier molecular flexibility index (Phi) is 5.13. The molecule has 4 aromatic rings. The predicted octanol–water partition coefficient (Wildman–Crippen LogP) is 2.93. The molecule has 0 radical (unpaired) electrons. The number of nitriles is 1. The first-order valence-electron chi connectivity index (χ1n) is 8.39. The Morgan fingerprint density at radius 1 is 1.21 bits per heavy atom. The van der Waals surface area contributed by atoms with Gasteiger partial charge < -0.3 is 0 Å². The molecule has 8 nitrogen and oxygen atoms in total. The summed E-state index contributed by atoms with van der Waals surface area (Å²) in [7, 11) is 0.